The summed E-state index contributed by atoms with van der Waals surface area (Å²) in [6.45, 7) is 1.31. The van der Waals surface area contributed by atoms with Crippen molar-refractivity contribution in [3.05, 3.63) is 34.9 Å². The summed E-state index contributed by atoms with van der Waals surface area (Å²) in [5.74, 6) is -1.43. The minimum absolute atomic E-state index is 0.327. The monoisotopic (exact) mass is 241 g/mol. The number of halogens is 1. The van der Waals surface area contributed by atoms with E-state index >= 15 is 0 Å². The predicted molar refractivity (Wildman–Crippen MR) is 60.3 cm³/mol. The molecule has 1 aromatic rings. The van der Waals surface area contributed by atoms with Gasteiger partial charge in [0.2, 0.25) is 5.91 Å². The van der Waals surface area contributed by atoms with Crippen molar-refractivity contribution in [2.75, 3.05) is 7.05 Å². The highest BCUT2D eigenvalue weighted by Crippen LogP contribution is 2.26. The number of aliphatic carboxylic acids is 1. The Bertz CT molecular complexity index is 419. The molecule has 5 heteroatoms. The van der Waals surface area contributed by atoms with Crippen LogP contribution in [0.5, 0.6) is 0 Å². The molecule has 0 aliphatic rings. The summed E-state index contributed by atoms with van der Waals surface area (Å²) in [5.41, 5.74) is 0.411. The Hall–Kier alpha value is -1.55. The van der Waals surface area contributed by atoms with E-state index in [1.807, 2.05) is 0 Å². The largest absolute Gasteiger partial charge is 0.479 e. The van der Waals surface area contributed by atoms with Gasteiger partial charge < -0.3 is 10.0 Å². The van der Waals surface area contributed by atoms with Crippen LogP contribution in [0.15, 0.2) is 24.3 Å². The minimum Gasteiger partial charge on any atom is -0.479 e. The van der Waals surface area contributed by atoms with Crippen LogP contribution in [0.1, 0.15) is 18.5 Å². The van der Waals surface area contributed by atoms with Gasteiger partial charge in [0.1, 0.15) is 0 Å². The summed E-state index contributed by atoms with van der Waals surface area (Å²) in [5, 5.41) is 9.45. The number of hydrogen-bond donors (Lipinski definition) is 1. The van der Waals surface area contributed by atoms with E-state index in [-0.39, 0.29) is 5.91 Å². The van der Waals surface area contributed by atoms with Gasteiger partial charge in [0.05, 0.1) is 0 Å². The first kappa shape index (κ1) is 12.5. The van der Waals surface area contributed by atoms with Gasteiger partial charge in [-0.05, 0) is 6.07 Å². The quantitative estimate of drug-likeness (QED) is 0.880. The van der Waals surface area contributed by atoms with Crippen molar-refractivity contribution in [1.29, 1.82) is 0 Å². The molecule has 0 bridgehead atoms. The van der Waals surface area contributed by atoms with Gasteiger partial charge in [-0.1, -0.05) is 29.8 Å². The zero-order valence-corrected chi connectivity index (χ0v) is 9.73. The number of carboxylic acids is 1. The Labute approximate surface area is 98.4 Å². The van der Waals surface area contributed by atoms with Crippen LogP contribution in [0.4, 0.5) is 0 Å². The van der Waals surface area contributed by atoms with E-state index in [1.54, 1.807) is 24.3 Å². The fourth-order valence-corrected chi connectivity index (χ4v) is 1.63. The zero-order valence-electron chi connectivity index (χ0n) is 8.98. The number of carbonyl (C=O) groups excluding carboxylic acids is 1. The number of amides is 1. The van der Waals surface area contributed by atoms with Crippen LogP contribution in [-0.2, 0) is 9.59 Å². The zero-order chi connectivity index (χ0) is 12.3. The number of likely N-dealkylation sites (N-methyl/N-ethyl adjacent to an activating group) is 1. The lowest BCUT2D eigenvalue weighted by Crippen LogP contribution is -2.34. The fraction of sp³-hybridized carbons (Fsp3) is 0.273. The van der Waals surface area contributed by atoms with Crippen molar-refractivity contribution in [2.45, 2.75) is 13.0 Å². The van der Waals surface area contributed by atoms with Gasteiger partial charge >= 0.3 is 5.97 Å². The fourth-order valence-electron chi connectivity index (χ4n) is 1.39. The van der Waals surface area contributed by atoms with E-state index in [4.69, 9.17) is 16.7 Å². The Balaban J connectivity index is 3.18. The van der Waals surface area contributed by atoms with Gasteiger partial charge in [0.15, 0.2) is 6.04 Å². The van der Waals surface area contributed by atoms with Crippen molar-refractivity contribution < 1.29 is 14.7 Å². The molecular formula is C11H12ClNO3. The molecule has 1 rings (SSSR count). The highest BCUT2D eigenvalue weighted by Gasteiger charge is 2.27. The first-order chi connectivity index (χ1) is 7.45. The van der Waals surface area contributed by atoms with Crippen molar-refractivity contribution in [3.8, 4) is 0 Å². The SMILES string of the molecule is CC(=O)N(C)C(C(=O)O)c1ccccc1Cl. The maximum Gasteiger partial charge on any atom is 0.331 e. The summed E-state index contributed by atoms with van der Waals surface area (Å²) in [7, 11) is 1.43. The second-order valence-electron chi connectivity index (χ2n) is 3.39. The van der Waals surface area contributed by atoms with E-state index in [0.717, 1.165) is 4.90 Å². The molecule has 0 radical (unpaired) electrons. The summed E-state index contributed by atoms with van der Waals surface area (Å²) >= 11 is 5.91. The Morgan fingerprint density at radius 3 is 2.38 bits per heavy atom. The first-order valence-electron chi connectivity index (χ1n) is 4.65. The molecule has 1 amide bonds. The Morgan fingerprint density at radius 2 is 1.94 bits per heavy atom. The van der Waals surface area contributed by atoms with E-state index in [9.17, 15) is 9.59 Å². The van der Waals surface area contributed by atoms with Gasteiger partial charge in [-0.25, -0.2) is 4.79 Å². The average Bonchev–Trinajstić information content (AvgIpc) is 2.20. The maximum atomic E-state index is 11.2. The molecule has 0 fully saturated rings. The molecule has 0 aliphatic heterocycles. The van der Waals surface area contributed by atoms with E-state index < -0.39 is 12.0 Å². The molecule has 0 spiro atoms. The summed E-state index contributed by atoms with van der Waals surface area (Å²) in [6.07, 6.45) is 0. The van der Waals surface area contributed by atoms with Crippen molar-refractivity contribution in [1.82, 2.24) is 4.90 Å². The molecule has 1 N–H and O–H groups in total. The number of carbonyl (C=O) groups is 2. The molecule has 1 unspecified atom stereocenters. The molecule has 86 valence electrons. The van der Waals surface area contributed by atoms with Gasteiger partial charge in [-0.15, -0.1) is 0 Å². The van der Waals surface area contributed by atoms with Crippen LogP contribution >= 0.6 is 11.6 Å². The highest BCUT2D eigenvalue weighted by atomic mass is 35.5. The standard InChI is InChI=1S/C11H12ClNO3/c1-7(14)13(2)10(11(15)16)8-5-3-4-6-9(8)12/h3-6,10H,1-2H3,(H,15,16). The summed E-state index contributed by atoms with van der Waals surface area (Å²) in [4.78, 5) is 23.5. The van der Waals surface area contributed by atoms with Crippen molar-refractivity contribution >= 4 is 23.5 Å². The summed E-state index contributed by atoms with van der Waals surface area (Å²) < 4.78 is 0. The van der Waals surface area contributed by atoms with Crippen LogP contribution in [0.3, 0.4) is 0 Å². The van der Waals surface area contributed by atoms with Crippen molar-refractivity contribution in [2.24, 2.45) is 0 Å². The molecule has 1 aromatic carbocycles. The molecule has 0 saturated carbocycles. The third-order valence-corrected chi connectivity index (χ3v) is 2.66. The predicted octanol–water partition coefficient (Wildman–Crippen LogP) is 1.94. The third-order valence-electron chi connectivity index (χ3n) is 2.32. The van der Waals surface area contributed by atoms with Gasteiger partial charge in [-0.2, -0.15) is 0 Å². The molecule has 16 heavy (non-hydrogen) atoms. The first-order valence-corrected chi connectivity index (χ1v) is 5.03. The van der Waals surface area contributed by atoms with Crippen LogP contribution in [0, 0.1) is 0 Å². The Kier molecular flexibility index (Phi) is 3.90. The third kappa shape index (κ3) is 2.52. The molecule has 0 aromatic heterocycles. The van der Waals surface area contributed by atoms with Gasteiger partial charge in [0.25, 0.3) is 0 Å². The molecule has 0 aliphatic carbocycles. The summed E-state index contributed by atoms with van der Waals surface area (Å²) in [6, 6.07) is 5.54. The highest BCUT2D eigenvalue weighted by molar-refractivity contribution is 6.31. The van der Waals surface area contributed by atoms with Crippen LogP contribution in [0.2, 0.25) is 5.02 Å². The number of benzene rings is 1. The van der Waals surface area contributed by atoms with Gasteiger partial charge in [-0.3, -0.25) is 4.79 Å². The normalized spacial score (nSPS) is 11.9. The van der Waals surface area contributed by atoms with E-state index in [1.165, 1.54) is 14.0 Å². The van der Waals surface area contributed by atoms with Crippen LogP contribution in [0.25, 0.3) is 0 Å². The van der Waals surface area contributed by atoms with Gasteiger partial charge in [0, 0.05) is 24.6 Å². The topological polar surface area (TPSA) is 57.6 Å². The number of rotatable bonds is 3. The van der Waals surface area contributed by atoms with Crippen LogP contribution < -0.4 is 0 Å². The second kappa shape index (κ2) is 4.99. The number of nitrogens with zero attached hydrogens (tertiary/aromatic N) is 1. The van der Waals surface area contributed by atoms with E-state index in [0.29, 0.717) is 10.6 Å². The van der Waals surface area contributed by atoms with Crippen molar-refractivity contribution in [3.63, 3.8) is 0 Å². The lowest BCUT2D eigenvalue weighted by Gasteiger charge is -2.24. The second-order valence-corrected chi connectivity index (χ2v) is 3.80. The minimum atomic E-state index is -1.11. The smallest absolute Gasteiger partial charge is 0.331 e. The molecule has 4 nitrogen and oxygen atoms in total. The maximum absolute atomic E-state index is 11.2. The molecule has 1 atom stereocenters. The lowest BCUT2D eigenvalue weighted by molar-refractivity contribution is -0.148. The lowest BCUT2D eigenvalue weighted by atomic mass is 10.1. The average molecular weight is 242 g/mol. The molecule has 0 saturated heterocycles. The molecular weight excluding hydrogens is 230 g/mol. The number of carboxylic acid groups (broad SMARTS) is 1. The van der Waals surface area contributed by atoms with Crippen LogP contribution in [-0.4, -0.2) is 28.9 Å². The van der Waals surface area contributed by atoms with E-state index in [2.05, 4.69) is 0 Å². The number of hydrogen-bond acceptors (Lipinski definition) is 2. The Morgan fingerprint density at radius 1 is 1.38 bits per heavy atom. The molecule has 0 heterocycles.